The van der Waals surface area contributed by atoms with E-state index < -0.39 is 10.3 Å². The molecule has 0 heterocycles. The van der Waals surface area contributed by atoms with Crippen LogP contribution in [0.25, 0.3) is 0 Å². The maximum absolute atomic E-state index is 11.2. The molecule has 0 saturated carbocycles. The van der Waals surface area contributed by atoms with E-state index in [0.29, 0.717) is 19.5 Å². The summed E-state index contributed by atoms with van der Waals surface area (Å²) in [5.41, 5.74) is 5.29. The van der Waals surface area contributed by atoms with Gasteiger partial charge in [0.15, 0.2) is 6.23 Å². The first-order valence-electron chi connectivity index (χ1n) is 4.44. The molecule has 0 fully saturated rings. The predicted octanol–water partition coefficient (Wildman–Crippen LogP) is 1.01. The summed E-state index contributed by atoms with van der Waals surface area (Å²) in [6.45, 7) is 4.30. The molecule has 84 valence electrons. The van der Waals surface area contributed by atoms with Crippen LogP contribution in [0.15, 0.2) is 0 Å². The minimum absolute atomic E-state index is 0.386. The van der Waals surface area contributed by atoms with Crippen molar-refractivity contribution in [1.29, 1.82) is 0 Å². The number of carbonyl (C=O) groups is 1. The number of esters is 1. The maximum Gasteiger partial charge on any atom is 0.343 e. The van der Waals surface area contributed by atoms with Gasteiger partial charge < -0.3 is 10.5 Å². The van der Waals surface area contributed by atoms with Crippen molar-refractivity contribution in [1.82, 2.24) is 5.32 Å². The molecular formula is C8H16Cl2N2O2. The van der Waals surface area contributed by atoms with Gasteiger partial charge in [0.05, 0.1) is 0 Å². The van der Waals surface area contributed by atoms with Gasteiger partial charge in [-0.25, -0.2) is 4.79 Å². The molecule has 0 bridgehead atoms. The van der Waals surface area contributed by atoms with Crippen LogP contribution < -0.4 is 11.1 Å². The quantitative estimate of drug-likeness (QED) is 0.415. The zero-order chi connectivity index (χ0) is 11.2. The second kappa shape index (κ2) is 6.45. The Bertz CT molecular complexity index is 183. The zero-order valence-electron chi connectivity index (χ0n) is 8.35. The van der Waals surface area contributed by atoms with Crippen molar-refractivity contribution in [3.05, 3.63) is 0 Å². The van der Waals surface area contributed by atoms with Crippen LogP contribution in [-0.4, -0.2) is 29.6 Å². The van der Waals surface area contributed by atoms with Gasteiger partial charge in [0.2, 0.25) is 4.33 Å². The van der Waals surface area contributed by atoms with Gasteiger partial charge in [-0.3, -0.25) is 5.32 Å². The summed E-state index contributed by atoms with van der Waals surface area (Å²) in [7, 11) is 0. The van der Waals surface area contributed by atoms with Gasteiger partial charge in [-0.05, 0) is 13.3 Å². The highest BCUT2D eigenvalue weighted by atomic mass is 35.5. The Morgan fingerprint density at radius 3 is 2.57 bits per heavy atom. The Balaban J connectivity index is 3.99. The SMILES string of the molecule is CCC(NCCN)OC(=O)C(C)(Cl)Cl. The van der Waals surface area contributed by atoms with E-state index in [4.69, 9.17) is 33.7 Å². The van der Waals surface area contributed by atoms with Crippen molar-refractivity contribution in [2.24, 2.45) is 5.73 Å². The summed E-state index contributed by atoms with van der Waals surface area (Å²) in [6.07, 6.45) is 0.248. The lowest BCUT2D eigenvalue weighted by molar-refractivity contribution is -0.151. The third-order valence-corrected chi connectivity index (χ3v) is 1.80. The second-order valence-corrected chi connectivity index (χ2v) is 4.64. The lowest BCUT2D eigenvalue weighted by Gasteiger charge is -2.20. The van der Waals surface area contributed by atoms with Crippen molar-refractivity contribution in [2.45, 2.75) is 30.8 Å². The fraction of sp³-hybridized carbons (Fsp3) is 0.875. The summed E-state index contributed by atoms with van der Waals surface area (Å²) in [6, 6.07) is 0. The van der Waals surface area contributed by atoms with Gasteiger partial charge in [-0.1, -0.05) is 30.1 Å². The van der Waals surface area contributed by atoms with Crippen molar-refractivity contribution < 1.29 is 9.53 Å². The second-order valence-electron chi connectivity index (χ2n) is 2.93. The minimum atomic E-state index is -1.50. The lowest BCUT2D eigenvalue weighted by Crippen LogP contribution is -2.39. The van der Waals surface area contributed by atoms with Crippen LogP contribution in [0, 0.1) is 0 Å². The van der Waals surface area contributed by atoms with Crippen LogP contribution >= 0.6 is 23.2 Å². The minimum Gasteiger partial charge on any atom is -0.444 e. The van der Waals surface area contributed by atoms with Crippen molar-refractivity contribution >= 4 is 29.2 Å². The molecule has 0 aliphatic heterocycles. The first-order chi connectivity index (χ1) is 6.41. The van der Waals surface area contributed by atoms with Crippen molar-refractivity contribution in [3.63, 3.8) is 0 Å². The van der Waals surface area contributed by atoms with Gasteiger partial charge in [-0.15, -0.1) is 0 Å². The molecule has 14 heavy (non-hydrogen) atoms. The first kappa shape index (κ1) is 14.0. The average Bonchev–Trinajstić information content (AvgIpc) is 2.10. The van der Waals surface area contributed by atoms with Gasteiger partial charge in [0.1, 0.15) is 0 Å². The number of alkyl halides is 2. The Morgan fingerprint density at radius 2 is 2.21 bits per heavy atom. The lowest BCUT2D eigenvalue weighted by atomic mass is 10.4. The topological polar surface area (TPSA) is 64.3 Å². The van der Waals surface area contributed by atoms with Crippen LogP contribution in [0.2, 0.25) is 0 Å². The van der Waals surface area contributed by atoms with Crippen LogP contribution in [0.4, 0.5) is 0 Å². The Kier molecular flexibility index (Phi) is 6.44. The van der Waals surface area contributed by atoms with E-state index in [0.717, 1.165) is 0 Å². The molecule has 3 N–H and O–H groups in total. The molecule has 4 nitrogen and oxygen atoms in total. The summed E-state index contributed by atoms with van der Waals surface area (Å²) in [4.78, 5) is 11.2. The van der Waals surface area contributed by atoms with E-state index in [1.54, 1.807) is 0 Å². The molecule has 0 aromatic carbocycles. The Morgan fingerprint density at radius 1 is 1.64 bits per heavy atom. The van der Waals surface area contributed by atoms with Crippen molar-refractivity contribution in [3.8, 4) is 0 Å². The number of nitrogens with one attached hydrogen (secondary N) is 1. The largest absolute Gasteiger partial charge is 0.444 e. The number of hydrogen-bond acceptors (Lipinski definition) is 4. The number of carbonyl (C=O) groups excluding carboxylic acids is 1. The molecule has 0 amide bonds. The third kappa shape index (κ3) is 5.65. The molecule has 0 aliphatic rings. The highest BCUT2D eigenvalue weighted by molar-refractivity contribution is 6.57. The fourth-order valence-electron chi connectivity index (χ4n) is 0.746. The normalized spacial score (nSPS) is 13.8. The molecule has 0 aliphatic carbocycles. The highest BCUT2D eigenvalue weighted by Gasteiger charge is 2.31. The zero-order valence-corrected chi connectivity index (χ0v) is 9.86. The molecular weight excluding hydrogens is 227 g/mol. The van der Waals surface area contributed by atoms with E-state index in [1.807, 2.05) is 6.92 Å². The molecule has 1 atom stereocenters. The summed E-state index contributed by atoms with van der Waals surface area (Å²) < 4.78 is 3.49. The standard InChI is InChI=1S/C8H16Cl2N2O2/c1-3-6(12-5-4-11)14-7(13)8(2,9)10/h6,12H,3-5,11H2,1-2H3. The van der Waals surface area contributed by atoms with Gasteiger partial charge >= 0.3 is 5.97 Å². The van der Waals surface area contributed by atoms with E-state index in [-0.39, 0.29) is 6.23 Å². The van der Waals surface area contributed by atoms with Crippen LogP contribution in [0.3, 0.4) is 0 Å². The molecule has 0 aromatic heterocycles. The summed E-state index contributed by atoms with van der Waals surface area (Å²) in [5.74, 6) is -0.655. The molecule has 0 spiro atoms. The van der Waals surface area contributed by atoms with Crippen LogP contribution in [0.5, 0.6) is 0 Å². The first-order valence-corrected chi connectivity index (χ1v) is 5.19. The van der Waals surface area contributed by atoms with E-state index in [9.17, 15) is 4.79 Å². The molecule has 0 rings (SSSR count). The predicted molar refractivity (Wildman–Crippen MR) is 57.3 cm³/mol. The number of ether oxygens (including phenoxy) is 1. The van der Waals surface area contributed by atoms with Crippen LogP contribution in [-0.2, 0) is 9.53 Å². The molecule has 6 heteroatoms. The van der Waals surface area contributed by atoms with Gasteiger partial charge in [0.25, 0.3) is 0 Å². The number of halogens is 2. The van der Waals surface area contributed by atoms with E-state index in [1.165, 1.54) is 6.92 Å². The Hall–Kier alpha value is -0.0300. The molecule has 0 radical (unpaired) electrons. The van der Waals surface area contributed by atoms with E-state index in [2.05, 4.69) is 5.32 Å². The third-order valence-electron chi connectivity index (χ3n) is 1.49. The molecule has 0 aromatic rings. The van der Waals surface area contributed by atoms with Crippen LogP contribution in [0.1, 0.15) is 20.3 Å². The monoisotopic (exact) mass is 242 g/mol. The number of rotatable bonds is 6. The number of nitrogens with two attached hydrogens (primary N) is 1. The highest BCUT2D eigenvalue weighted by Crippen LogP contribution is 2.21. The smallest absolute Gasteiger partial charge is 0.343 e. The Labute approximate surface area is 94.1 Å². The fourth-order valence-corrected chi connectivity index (χ4v) is 0.835. The summed E-state index contributed by atoms with van der Waals surface area (Å²) >= 11 is 11.1. The van der Waals surface area contributed by atoms with Gasteiger partial charge in [0, 0.05) is 13.1 Å². The molecule has 0 saturated heterocycles. The maximum atomic E-state index is 11.2. The summed E-state index contributed by atoms with van der Waals surface area (Å²) in [5, 5.41) is 2.94. The van der Waals surface area contributed by atoms with Crippen molar-refractivity contribution in [2.75, 3.05) is 13.1 Å². The van der Waals surface area contributed by atoms with Gasteiger partial charge in [-0.2, -0.15) is 0 Å². The van der Waals surface area contributed by atoms with E-state index >= 15 is 0 Å². The number of hydrogen-bond donors (Lipinski definition) is 2. The average molecular weight is 243 g/mol. The molecule has 1 unspecified atom stereocenters.